The molecule has 1 unspecified atom stereocenters. The Kier molecular flexibility index (Phi) is 11.0. The minimum Gasteiger partial charge on any atom is -0.381 e. The van der Waals surface area contributed by atoms with Crippen molar-refractivity contribution in [2.45, 2.75) is 50.5 Å². The number of nitrogens with two attached hydrogens (primary N) is 1. The summed E-state index contributed by atoms with van der Waals surface area (Å²) in [5, 5.41) is 18.6. The molecule has 2 aromatic carbocycles. The Morgan fingerprint density at radius 1 is 0.889 bits per heavy atom. The van der Waals surface area contributed by atoms with Crippen LogP contribution in [0.2, 0.25) is 0 Å². The van der Waals surface area contributed by atoms with Crippen LogP contribution in [0.15, 0.2) is 60.7 Å². The van der Waals surface area contributed by atoms with Crippen molar-refractivity contribution < 1.29 is 27.9 Å². The van der Waals surface area contributed by atoms with E-state index in [9.17, 15) is 27.9 Å². The standard InChI is InChI=1S/C25H34N4O6S/c1-17(26)23(31)28-20(13-14-36(2,34)35)24(32)29-21(15-18-9-5-3-6-10-18)22(30)25(33)27-16-19-11-7-4-8-12-19/h3-12,17,20-22,30H,13-16,26H2,1-2H3,(H,27,33)(H,28,31)(H,29,32)/t17-,20-,21-,22?/m0/s1. The summed E-state index contributed by atoms with van der Waals surface area (Å²) in [6, 6.07) is 14.9. The first-order chi connectivity index (χ1) is 17.0. The molecule has 10 nitrogen and oxygen atoms in total. The Bertz CT molecular complexity index is 1110. The van der Waals surface area contributed by atoms with Gasteiger partial charge in [0.1, 0.15) is 15.9 Å². The highest BCUT2D eigenvalue weighted by atomic mass is 32.2. The Balaban J connectivity index is 2.19. The van der Waals surface area contributed by atoms with Crippen molar-refractivity contribution in [1.82, 2.24) is 16.0 Å². The summed E-state index contributed by atoms with van der Waals surface area (Å²) >= 11 is 0. The Morgan fingerprint density at radius 3 is 1.97 bits per heavy atom. The van der Waals surface area contributed by atoms with Crippen LogP contribution < -0.4 is 21.7 Å². The molecular weight excluding hydrogens is 484 g/mol. The number of nitrogens with one attached hydrogen (secondary N) is 3. The molecule has 196 valence electrons. The van der Waals surface area contributed by atoms with Gasteiger partial charge in [0.2, 0.25) is 11.8 Å². The highest BCUT2D eigenvalue weighted by molar-refractivity contribution is 7.90. The number of carbonyl (C=O) groups excluding carboxylic acids is 3. The van der Waals surface area contributed by atoms with Gasteiger partial charge in [-0.15, -0.1) is 0 Å². The fourth-order valence-electron chi connectivity index (χ4n) is 3.37. The molecule has 0 fully saturated rings. The van der Waals surface area contributed by atoms with E-state index in [4.69, 9.17) is 5.73 Å². The first kappa shape index (κ1) is 29.0. The SMILES string of the molecule is C[C@H](N)C(=O)N[C@@H](CCS(C)(=O)=O)C(=O)N[C@@H](Cc1ccccc1)C(O)C(=O)NCc1ccccc1. The van der Waals surface area contributed by atoms with Gasteiger partial charge in [-0.25, -0.2) is 8.42 Å². The van der Waals surface area contributed by atoms with E-state index < -0.39 is 51.8 Å². The second-order valence-corrected chi connectivity index (χ2v) is 11.0. The van der Waals surface area contributed by atoms with E-state index in [0.717, 1.165) is 17.4 Å². The van der Waals surface area contributed by atoms with Gasteiger partial charge < -0.3 is 26.8 Å². The minimum atomic E-state index is -3.43. The van der Waals surface area contributed by atoms with Gasteiger partial charge in [0.15, 0.2) is 6.10 Å². The zero-order valence-electron chi connectivity index (χ0n) is 20.4. The molecule has 6 N–H and O–H groups in total. The second-order valence-electron chi connectivity index (χ2n) is 8.72. The van der Waals surface area contributed by atoms with E-state index in [1.54, 1.807) is 24.3 Å². The van der Waals surface area contributed by atoms with Crippen molar-refractivity contribution in [1.29, 1.82) is 0 Å². The third-order valence-corrected chi connectivity index (χ3v) is 6.39. The molecule has 0 aromatic heterocycles. The number of aliphatic hydroxyl groups is 1. The fraction of sp³-hybridized carbons (Fsp3) is 0.400. The zero-order chi connectivity index (χ0) is 26.7. The molecular formula is C25H34N4O6S. The molecule has 0 heterocycles. The molecule has 2 aromatic rings. The molecule has 3 amide bonds. The van der Waals surface area contributed by atoms with Gasteiger partial charge in [-0.05, 0) is 30.9 Å². The highest BCUT2D eigenvalue weighted by Crippen LogP contribution is 2.09. The number of aliphatic hydroxyl groups excluding tert-OH is 1. The van der Waals surface area contributed by atoms with E-state index in [1.807, 2.05) is 36.4 Å². The van der Waals surface area contributed by atoms with Crippen molar-refractivity contribution in [2.75, 3.05) is 12.0 Å². The van der Waals surface area contributed by atoms with Crippen LogP contribution in [-0.2, 0) is 37.2 Å². The Morgan fingerprint density at radius 2 is 1.44 bits per heavy atom. The van der Waals surface area contributed by atoms with Crippen LogP contribution in [0, 0.1) is 0 Å². The van der Waals surface area contributed by atoms with Crippen molar-refractivity contribution in [2.24, 2.45) is 5.73 Å². The van der Waals surface area contributed by atoms with Crippen molar-refractivity contribution in [3.05, 3.63) is 71.8 Å². The summed E-state index contributed by atoms with van der Waals surface area (Å²) in [6.45, 7) is 1.62. The van der Waals surface area contributed by atoms with Crippen LogP contribution >= 0.6 is 0 Å². The molecule has 0 radical (unpaired) electrons. The van der Waals surface area contributed by atoms with Gasteiger partial charge in [0.25, 0.3) is 5.91 Å². The zero-order valence-corrected chi connectivity index (χ0v) is 21.2. The van der Waals surface area contributed by atoms with Crippen LogP contribution in [0.5, 0.6) is 0 Å². The lowest BCUT2D eigenvalue weighted by molar-refractivity contribution is -0.134. The molecule has 0 aliphatic heterocycles. The maximum atomic E-state index is 13.1. The smallest absolute Gasteiger partial charge is 0.251 e. The molecule has 0 saturated carbocycles. The monoisotopic (exact) mass is 518 g/mol. The summed E-state index contributed by atoms with van der Waals surface area (Å²) < 4.78 is 23.3. The quantitative estimate of drug-likeness (QED) is 0.242. The van der Waals surface area contributed by atoms with E-state index in [2.05, 4.69) is 16.0 Å². The third kappa shape index (κ3) is 10.1. The minimum absolute atomic E-state index is 0.118. The largest absolute Gasteiger partial charge is 0.381 e. The van der Waals surface area contributed by atoms with Gasteiger partial charge in [0, 0.05) is 12.8 Å². The van der Waals surface area contributed by atoms with Crippen LogP contribution in [-0.4, -0.2) is 67.5 Å². The maximum absolute atomic E-state index is 13.1. The van der Waals surface area contributed by atoms with E-state index in [0.29, 0.717) is 0 Å². The maximum Gasteiger partial charge on any atom is 0.251 e. The normalized spacial score (nSPS) is 14.7. The van der Waals surface area contributed by atoms with Crippen molar-refractivity contribution in [3.8, 4) is 0 Å². The lowest BCUT2D eigenvalue weighted by Crippen LogP contribution is -2.57. The molecule has 0 aliphatic rings. The van der Waals surface area contributed by atoms with Gasteiger partial charge in [-0.3, -0.25) is 14.4 Å². The van der Waals surface area contributed by atoms with Gasteiger partial charge in [0.05, 0.1) is 17.8 Å². The Labute approximate surface area is 211 Å². The lowest BCUT2D eigenvalue weighted by atomic mass is 9.99. The summed E-state index contributed by atoms with van der Waals surface area (Å²) in [6.07, 6.45) is -0.671. The predicted molar refractivity (Wildman–Crippen MR) is 136 cm³/mol. The average Bonchev–Trinajstić information content (AvgIpc) is 2.84. The topological polar surface area (TPSA) is 168 Å². The number of carbonyl (C=O) groups is 3. The summed E-state index contributed by atoms with van der Waals surface area (Å²) in [7, 11) is -3.43. The van der Waals surface area contributed by atoms with E-state index in [1.165, 1.54) is 6.92 Å². The molecule has 36 heavy (non-hydrogen) atoms. The first-order valence-corrected chi connectivity index (χ1v) is 13.6. The van der Waals surface area contributed by atoms with Gasteiger partial charge >= 0.3 is 0 Å². The summed E-state index contributed by atoms with van der Waals surface area (Å²) in [5.41, 5.74) is 7.17. The third-order valence-electron chi connectivity index (χ3n) is 5.41. The highest BCUT2D eigenvalue weighted by Gasteiger charge is 2.31. The van der Waals surface area contributed by atoms with Crippen molar-refractivity contribution >= 4 is 27.6 Å². The molecule has 0 spiro atoms. The number of hydrogen-bond donors (Lipinski definition) is 5. The molecule has 11 heteroatoms. The number of amides is 3. The van der Waals surface area contributed by atoms with Crippen LogP contribution in [0.3, 0.4) is 0 Å². The molecule has 0 aliphatic carbocycles. The average molecular weight is 519 g/mol. The van der Waals surface area contributed by atoms with Gasteiger partial charge in [-0.2, -0.15) is 0 Å². The first-order valence-electron chi connectivity index (χ1n) is 11.5. The molecule has 4 atom stereocenters. The number of hydrogen-bond acceptors (Lipinski definition) is 7. The molecule has 2 rings (SSSR count). The number of rotatable bonds is 13. The number of sulfone groups is 1. The molecule has 0 bridgehead atoms. The Hall–Kier alpha value is -3.28. The lowest BCUT2D eigenvalue weighted by Gasteiger charge is -2.27. The predicted octanol–water partition coefficient (Wildman–Crippen LogP) is -0.342. The molecule has 0 saturated heterocycles. The summed E-state index contributed by atoms with van der Waals surface area (Å²) in [4.78, 5) is 38.0. The summed E-state index contributed by atoms with van der Waals surface area (Å²) in [5.74, 6) is -2.41. The van der Waals surface area contributed by atoms with Gasteiger partial charge in [-0.1, -0.05) is 60.7 Å². The van der Waals surface area contributed by atoms with E-state index >= 15 is 0 Å². The van der Waals surface area contributed by atoms with Crippen LogP contribution in [0.1, 0.15) is 24.5 Å². The van der Waals surface area contributed by atoms with E-state index in [-0.39, 0.29) is 25.1 Å². The fourth-order valence-corrected chi connectivity index (χ4v) is 4.03. The van der Waals surface area contributed by atoms with Crippen molar-refractivity contribution in [3.63, 3.8) is 0 Å². The second kappa shape index (κ2) is 13.7. The number of benzene rings is 2. The van der Waals surface area contributed by atoms with Crippen LogP contribution in [0.4, 0.5) is 0 Å². The van der Waals surface area contributed by atoms with Crippen LogP contribution in [0.25, 0.3) is 0 Å².